The Labute approximate surface area is 136 Å². The number of amides is 1. The number of carbonyl (C=O) groups is 1. The Morgan fingerprint density at radius 2 is 2.17 bits per heavy atom. The second-order valence-electron chi connectivity index (χ2n) is 6.12. The fourth-order valence-corrected chi connectivity index (χ4v) is 3.09. The number of aromatic nitrogens is 3. The van der Waals surface area contributed by atoms with Crippen molar-refractivity contribution >= 4 is 5.91 Å². The van der Waals surface area contributed by atoms with E-state index in [1.165, 1.54) is 6.42 Å². The third-order valence-electron chi connectivity index (χ3n) is 4.21. The van der Waals surface area contributed by atoms with E-state index in [1.54, 1.807) is 12.7 Å². The molecule has 1 saturated heterocycles. The number of rotatable bonds is 6. The number of likely N-dealkylation sites (tertiary alicyclic amines) is 1. The van der Waals surface area contributed by atoms with Crippen LogP contribution in [0.1, 0.15) is 18.4 Å². The van der Waals surface area contributed by atoms with Gasteiger partial charge >= 0.3 is 0 Å². The summed E-state index contributed by atoms with van der Waals surface area (Å²) in [5.41, 5.74) is 1.13. The fourth-order valence-electron chi connectivity index (χ4n) is 3.09. The summed E-state index contributed by atoms with van der Waals surface area (Å²) in [6, 6.07) is 10.0. The van der Waals surface area contributed by atoms with Crippen LogP contribution < -0.4 is 5.32 Å². The lowest BCUT2D eigenvalue weighted by atomic mass is 9.98. The average Bonchev–Trinajstić information content (AvgIpc) is 3.07. The van der Waals surface area contributed by atoms with Crippen LogP contribution in [0.4, 0.5) is 0 Å². The van der Waals surface area contributed by atoms with Gasteiger partial charge in [-0.2, -0.15) is 5.10 Å². The molecule has 1 fully saturated rings. The van der Waals surface area contributed by atoms with Gasteiger partial charge in [0.25, 0.3) is 0 Å². The van der Waals surface area contributed by atoms with Gasteiger partial charge in [0.15, 0.2) is 0 Å². The molecule has 1 aromatic heterocycles. The van der Waals surface area contributed by atoms with E-state index in [9.17, 15) is 4.79 Å². The van der Waals surface area contributed by atoms with Crippen molar-refractivity contribution in [1.82, 2.24) is 25.0 Å². The summed E-state index contributed by atoms with van der Waals surface area (Å²) in [5, 5.41) is 7.17. The highest BCUT2D eigenvalue weighted by Crippen LogP contribution is 2.17. The summed E-state index contributed by atoms with van der Waals surface area (Å²) in [4.78, 5) is 18.4. The predicted octanol–water partition coefficient (Wildman–Crippen LogP) is 1.31. The highest BCUT2D eigenvalue weighted by Gasteiger charge is 2.22. The summed E-state index contributed by atoms with van der Waals surface area (Å²) < 4.78 is 1.88. The Balaban J connectivity index is 1.42. The Hall–Kier alpha value is -2.21. The molecule has 0 saturated carbocycles. The quantitative estimate of drug-likeness (QED) is 0.873. The molecule has 1 amide bonds. The van der Waals surface area contributed by atoms with Gasteiger partial charge in [0.2, 0.25) is 5.91 Å². The second kappa shape index (κ2) is 7.87. The van der Waals surface area contributed by atoms with Crippen LogP contribution in [0.3, 0.4) is 0 Å². The van der Waals surface area contributed by atoms with Crippen molar-refractivity contribution in [1.29, 1.82) is 0 Å². The van der Waals surface area contributed by atoms with E-state index < -0.39 is 0 Å². The van der Waals surface area contributed by atoms with Gasteiger partial charge in [0.05, 0.1) is 6.54 Å². The lowest BCUT2D eigenvalue weighted by Gasteiger charge is -2.32. The fraction of sp³-hybridized carbons (Fsp3) is 0.471. The van der Waals surface area contributed by atoms with Crippen LogP contribution in [0.2, 0.25) is 0 Å². The van der Waals surface area contributed by atoms with Crippen molar-refractivity contribution in [2.24, 2.45) is 5.92 Å². The smallest absolute Gasteiger partial charge is 0.234 e. The molecule has 1 atom stereocenters. The minimum Gasteiger partial charge on any atom is -0.351 e. The van der Waals surface area contributed by atoms with Crippen molar-refractivity contribution in [3.05, 3.63) is 48.5 Å². The van der Waals surface area contributed by atoms with Gasteiger partial charge in [0, 0.05) is 19.6 Å². The third-order valence-corrected chi connectivity index (χ3v) is 4.21. The maximum absolute atomic E-state index is 12.1. The van der Waals surface area contributed by atoms with Crippen molar-refractivity contribution in [3.63, 3.8) is 0 Å². The molecule has 2 heterocycles. The highest BCUT2D eigenvalue weighted by atomic mass is 16.2. The summed E-state index contributed by atoms with van der Waals surface area (Å²) in [7, 11) is 0. The van der Waals surface area contributed by atoms with E-state index in [2.05, 4.69) is 20.3 Å². The first-order chi connectivity index (χ1) is 11.3. The van der Waals surface area contributed by atoms with E-state index in [0.717, 1.165) is 31.6 Å². The molecular weight excluding hydrogens is 290 g/mol. The first-order valence-corrected chi connectivity index (χ1v) is 8.15. The summed E-state index contributed by atoms with van der Waals surface area (Å²) in [6.07, 6.45) is 5.64. The zero-order valence-corrected chi connectivity index (χ0v) is 13.3. The topological polar surface area (TPSA) is 63.1 Å². The largest absolute Gasteiger partial charge is 0.351 e. The Kier molecular flexibility index (Phi) is 5.37. The van der Waals surface area contributed by atoms with Gasteiger partial charge in [-0.05, 0) is 30.9 Å². The number of nitrogens with one attached hydrogen (secondary N) is 1. The number of piperidine rings is 1. The lowest BCUT2D eigenvalue weighted by Crippen LogP contribution is -2.43. The molecule has 122 valence electrons. The Morgan fingerprint density at radius 1 is 1.30 bits per heavy atom. The van der Waals surface area contributed by atoms with Gasteiger partial charge < -0.3 is 5.32 Å². The summed E-state index contributed by atoms with van der Waals surface area (Å²) >= 11 is 0. The molecule has 2 aromatic rings. The minimum absolute atomic E-state index is 0.0928. The molecule has 1 aliphatic heterocycles. The highest BCUT2D eigenvalue weighted by molar-refractivity contribution is 5.78. The molecule has 6 heteroatoms. The van der Waals surface area contributed by atoms with Crippen molar-refractivity contribution < 1.29 is 4.79 Å². The molecule has 6 nitrogen and oxygen atoms in total. The number of carbonyl (C=O) groups excluding carboxylic acids is 1. The molecule has 1 aromatic carbocycles. The second-order valence-corrected chi connectivity index (χ2v) is 6.12. The number of hydrogen-bond donors (Lipinski definition) is 1. The molecule has 0 bridgehead atoms. The minimum atomic E-state index is 0.0928. The van der Waals surface area contributed by atoms with E-state index in [-0.39, 0.29) is 5.91 Å². The zero-order valence-electron chi connectivity index (χ0n) is 13.3. The molecule has 0 aliphatic carbocycles. The lowest BCUT2D eigenvalue weighted by molar-refractivity contribution is -0.122. The Morgan fingerprint density at radius 3 is 2.96 bits per heavy atom. The molecule has 0 spiro atoms. The predicted molar refractivity (Wildman–Crippen MR) is 87.5 cm³/mol. The van der Waals surface area contributed by atoms with Crippen LogP contribution >= 0.6 is 0 Å². The SMILES string of the molecule is O=C(CN1CCCC(Cn2cncn2)C1)NCc1ccccc1. The van der Waals surface area contributed by atoms with Gasteiger partial charge in [0.1, 0.15) is 12.7 Å². The van der Waals surface area contributed by atoms with E-state index >= 15 is 0 Å². The van der Waals surface area contributed by atoms with Gasteiger partial charge in [-0.1, -0.05) is 30.3 Å². The van der Waals surface area contributed by atoms with Crippen LogP contribution in [0.5, 0.6) is 0 Å². The molecule has 1 aliphatic rings. The Bertz CT molecular complexity index is 599. The van der Waals surface area contributed by atoms with Crippen LogP contribution in [0.25, 0.3) is 0 Å². The molecular formula is C17H23N5O. The van der Waals surface area contributed by atoms with Crippen LogP contribution in [0.15, 0.2) is 43.0 Å². The molecule has 0 radical (unpaired) electrons. The molecule has 3 rings (SSSR count). The van der Waals surface area contributed by atoms with Crippen LogP contribution in [-0.2, 0) is 17.9 Å². The molecule has 1 unspecified atom stereocenters. The number of hydrogen-bond acceptors (Lipinski definition) is 4. The average molecular weight is 313 g/mol. The third kappa shape index (κ3) is 4.89. The molecule has 1 N–H and O–H groups in total. The van der Waals surface area contributed by atoms with Crippen molar-refractivity contribution in [2.45, 2.75) is 25.9 Å². The van der Waals surface area contributed by atoms with E-state index in [4.69, 9.17) is 0 Å². The van der Waals surface area contributed by atoms with Crippen molar-refractivity contribution in [2.75, 3.05) is 19.6 Å². The van der Waals surface area contributed by atoms with E-state index in [1.807, 2.05) is 35.0 Å². The summed E-state index contributed by atoms with van der Waals surface area (Å²) in [6.45, 7) is 3.88. The van der Waals surface area contributed by atoms with Gasteiger partial charge in [-0.15, -0.1) is 0 Å². The monoisotopic (exact) mass is 313 g/mol. The molecule has 23 heavy (non-hydrogen) atoms. The van der Waals surface area contributed by atoms with Crippen LogP contribution in [-0.4, -0.2) is 45.2 Å². The standard InChI is InChI=1S/C17H23N5O/c23-17(19-9-15-5-2-1-3-6-15)12-21-8-4-7-16(10-21)11-22-14-18-13-20-22/h1-3,5-6,13-14,16H,4,7-12H2,(H,19,23). The van der Waals surface area contributed by atoms with E-state index in [0.29, 0.717) is 19.0 Å². The first-order valence-electron chi connectivity index (χ1n) is 8.15. The van der Waals surface area contributed by atoms with Crippen molar-refractivity contribution in [3.8, 4) is 0 Å². The first kappa shape index (κ1) is 15.7. The maximum Gasteiger partial charge on any atom is 0.234 e. The zero-order chi connectivity index (χ0) is 15.9. The van der Waals surface area contributed by atoms with Gasteiger partial charge in [-0.3, -0.25) is 14.4 Å². The maximum atomic E-state index is 12.1. The van der Waals surface area contributed by atoms with Gasteiger partial charge in [-0.25, -0.2) is 4.98 Å². The normalized spacial score (nSPS) is 18.7. The summed E-state index contributed by atoms with van der Waals surface area (Å²) in [5.74, 6) is 0.627. The number of nitrogens with zero attached hydrogens (tertiary/aromatic N) is 4. The van der Waals surface area contributed by atoms with Crippen LogP contribution in [0, 0.1) is 5.92 Å². The number of benzene rings is 1.